The van der Waals surface area contributed by atoms with Gasteiger partial charge >= 0.3 is 0 Å². The number of furan rings is 1. The molecule has 0 unspecified atom stereocenters. The third kappa shape index (κ3) is 4.63. The molecule has 2 nitrogen and oxygen atoms in total. The molecule has 82 valence electrons. The van der Waals surface area contributed by atoms with Gasteiger partial charge < -0.3 is 4.42 Å². The van der Waals surface area contributed by atoms with Crippen molar-refractivity contribution in [2.24, 2.45) is 0 Å². The van der Waals surface area contributed by atoms with Crippen molar-refractivity contribution in [3.05, 3.63) is 29.7 Å². The second-order valence-electron chi connectivity index (χ2n) is 3.66. The summed E-state index contributed by atoms with van der Waals surface area (Å²) >= 11 is 0. The van der Waals surface area contributed by atoms with E-state index >= 15 is 0 Å². The molecule has 0 aromatic carbocycles. The fourth-order valence-corrected chi connectivity index (χ4v) is 1.48. The van der Waals surface area contributed by atoms with E-state index in [1.807, 2.05) is 18.2 Å². The summed E-state index contributed by atoms with van der Waals surface area (Å²) in [7, 11) is 0. The zero-order valence-corrected chi connectivity index (χ0v) is 9.24. The predicted octanol–water partition coefficient (Wildman–Crippen LogP) is 3.83. The molecular formula is C13H18O2. The summed E-state index contributed by atoms with van der Waals surface area (Å²) in [6, 6.07) is 3.68. The van der Waals surface area contributed by atoms with Gasteiger partial charge in [0.25, 0.3) is 0 Å². The normalized spacial score (nSPS) is 11.7. The smallest absolute Gasteiger partial charge is 0.146 e. The molecule has 0 spiro atoms. The summed E-state index contributed by atoms with van der Waals surface area (Å²) in [4.78, 5) is 10.8. The zero-order valence-electron chi connectivity index (χ0n) is 9.24. The third-order valence-electron chi connectivity index (χ3n) is 2.34. The van der Waals surface area contributed by atoms with E-state index in [0.717, 1.165) is 30.5 Å². The largest absolute Gasteiger partial charge is 0.465 e. The summed E-state index contributed by atoms with van der Waals surface area (Å²) in [6.45, 7) is 2.18. The van der Waals surface area contributed by atoms with E-state index in [9.17, 15) is 4.79 Å². The van der Waals surface area contributed by atoms with Crippen LogP contribution in [0.1, 0.15) is 44.8 Å². The van der Waals surface area contributed by atoms with E-state index < -0.39 is 0 Å². The minimum atomic E-state index is 0.757. The van der Waals surface area contributed by atoms with Gasteiger partial charge in [-0.25, -0.2) is 0 Å². The Labute approximate surface area is 91.0 Å². The molecule has 0 amide bonds. The minimum Gasteiger partial charge on any atom is -0.465 e. The van der Waals surface area contributed by atoms with Crippen LogP contribution in [0, 0.1) is 0 Å². The maximum absolute atomic E-state index is 10.8. The van der Waals surface area contributed by atoms with Crippen molar-refractivity contribution in [3.8, 4) is 0 Å². The molecule has 0 radical (unpaired) electrons. The molecule has 1 rings (SSSR count). The van der Waals surface area contributed by atoms with Gasteiger partial charge in [0.1, 0.15) is 12.0 Å². The van der Waals surface area contributed by atoms with Crippen LogP contribution < -0.4 is 0 Å². The second-order valence-corrected chi connectivity index (χ2v) is 3.66. The highest BCUT2D eigenvalue weighted by molar-refractivity contribution is 5.80. The van der Waals surface area contributed by atoms with Gasteiger partial charge in [0.15, 0.2) is 0 Å². The summed E-state index contributed by atoms with van der Waals surface area (Å²) < 4.78 is 5.16. The van der Waals surface area contributed by atoms with Crippen molar-refractivity contribution < 1.29 is 9.21 Å². The molecule has 0 bridgehead atoms. The van der Waals surface area contributed by atoms with Crippen LogP contribution in [0.15, 0.2) is 28.4 Å². The first-order valence-electron chi connectivity index (χ1n) is 5.56. The molecule has 0 saturated carbocycles. The molecule has 0 N–H and O–H groups in total. The Kier molecular flexibility index (Phi) is 5.52. The Hall–Kier alpha value is -1.31. The van der Waals surface area contributed by atoms with Gasteiger partial charge in [0.2, 0.25) is 0 Å². The monoisotopic (exact) mass is 206 g/mol. The Morgan fingerprint density at radius 2 is 2.27 bits per heavy atom. The van der Waals surface area contributed by atoms with Gasteiger partial charge in [-0.1, -0.05) is 26.2 Å². The maximum atomic E-state index is 10.8. The van der Waals surface area contributed by atoms with Gasteiger partial charge in [-0.05, 0) is 36.6 Å². The summed E-state index contributed by atoms with van der Waals surface area (Å²) in [5, 5.41) is 0. The molecule has 0 fully saturated rings. The number of carbonyl (C=O) groups excluding carboxylic acids is 1. The molecule has 1 heterocycles. The Bertz CT molecular complexity index is 296. The van der Waals surface area contributed by atoms with Crippen LogP contribution in [-0.2, 0) is 4.79 Å². The summed E-state index contributed by atoms with van der Waals surface area (Å²) in [5.41, 5.74) is 0.820. The van der Waals surface area contributed by atoms with Gasteiger partial charge in [0, 0.05) is 0 Å². The van der Waals surface area contributed by atoms with Crippen LogP contribution in [0.5, 0.6) is 0 Å². The molecule has 1 aromatic rings. The van der Waals surface area contributed by atoms with Crippen molar-refractivity contribution in [1.29, 1.82) is 0 Å². The summed E-state index contributed by atoms with van der Waals surface area (Å²) in [6.07, 6.45) is 9.95. The molecule has 15 heavy (non-hydrogen) atoms. The highest BCUT2D eigenvalue weighted by atomic mass is 16.3. The third-order valence-corrected chi connectivity index (χ3v) is 2.34. The molecule has 0 aliphatic heterocycles. The van der Waals surface area contributed by atoms with Crippen molar-refractivity contribution in [2.75, 3.05) is 0 Å². The average Bonchev–Trinajstić information content (AvgIpc) is 2.75. The van der Waals surface area contributed by atoms with Gasteiger partial charge in [-0.15, -0.1) is 0 Å². The van der Waals surface area contributed by atoms with Crippen LogP contribution in [0.3, 0.4) is 0 Å². The number of aldehydes is 1. The number of hydrogen-bond donors (Lipinski definition) is 0. The van der Waals surface area contributed by atoms with E-state index in [0.29, 0.717) is 0 Å². The SMILES string of the molecule is CCCCCC/C(C=O)=C\c1ccco1. The Morgan fingerprint density at radius 3 is 2.87 bits per heavy atom. The van der Waals surface area contributed by atoms with Crippen molar-refractivity contribution in [3.63, 3.8) is 0 Å². The molecule has 0 aliphatic carbocycles. The van der Waals surface area contributed by atoms with E-state index in [-0.39, 0.29) is 0 Å². The van der Waals surface area contributed by atoms with E-state index in [1.54, 1.807) is 6.26 Å². The van der Waals surface area contributed by atoms with Crippen LogP contribution in [0.2, 0.25) is 0 Å². The van der Waals surface area contributed by atoms with Crippen LogP contribution in [0.25, 0.3) is 6.08 Å². The lowest BCUT2D eigenvalue weighted by Crippen LogP contribution is -1.86. The topological polar surface area (TPSA) is 30.2 Å². The predicted molar refractivity (Wildman–Crippen MR) is 61.5 cm³/mol. The van der Waals surface area contributed by atoms with Crippen LogP contribution >= 0.6 is 0 Å². The first-order valence-corrected chi connectivity index (χ1v) is 5.56. The van der Waals surface area contributed by atoms with Crippen molar-refractivity contribution in [1.82, 2.24) is 0 Å². The quantitative estimate of drug-likeness (QED) is 0.385. The lowest BCUT2D eigenvalue weighted by molar-refractivity contribution is -0.105. The lowest BCUT2D eigenvalue weighted by atomic mass is 10.1. The number of allylic oxidation sites excluding steroid dienone is 1. The van der Waals surface area contributed by atoms with Crippen molar-refractivity contribution >= 4 is 12.4 Å². The van der Waals surface area contributed by atoms with Crippen LogP contribution in [-0.4, -0.2) is 6.29 Å². The highest BCUT2D eigenvalue weighted by Gasteiger charge is 1.98. The molecule has 2 heteroatoms. The summed E-state index contributed by atoms with van der Waals surface area (Å²) in [5.74, 6) is 0.757. The Morgan fingerprint density at radius 1 is 1.40 bits per heavy atom. The molecule has 0 atom stereocenters. The molecule has 0 saturated heterocycles. The van der Waals surface area contributed by atoms with Gasteiger partial charge in [0.05, 0.1) is 6.26 Å². The number of unbranched alkanes of at least 4 members (excludes halogenated alkanes) is 3. The maximum Gasteiger partial charge on any atom is 0.146 e. The van der Waals surface area contributed by atoms with E-state index in [1.165, 1.54) is 19.3 Å². The Balaban J connectivity index is 2.39. The lowest BCUT2D eigenvalue weighted by Gasteiger charge is -1.98. The van der Waals surface area contributed by atoms with Gasteiger partial charge in [-0.2, -0.15) is 0 Å². The standard InChI is InChI=1S/C13H18O2/c1-2-3-4-5-7-12(11-14)10-13-8-6-9-15-13/h6,8-11H,2-5,7H2,1H3/b12-10+. The van der Waals surface area contributed by atoms with Gasteiger partial charge in [-0.3, -0.25) is 4.79 Å². The average molecular weight is 206 g/mol. The fraction of sp³-hybridized carbons (Fsp3) is 0.462. The highest BCUT2D eigenvalue weighted by Crippen LogP contribution is 2.12. The molecule has 0 aliphatic rings. The van der Waals surface area contributed by atoms with Crippen LogP contribution in [0.4, 0.5) is 0 Å². The van der Waals surface area contributed by atoms with E-state index in [4.69, 9.17) is 4.42 Å². The van der Waals surface area contributed by atoms with E-state index in [2.05, 4.69) is 6.92 Å². The minimum absolute atomic E-state index is 0.757. The first kappa shape index (κ1) is 11.8. The first-order chi connectivity index (χ1) is 7.36. The number of carbonyl (C=O) groups is 1. The molecule has 1 aromatic heterocycles. The fourth-order valence-electron chi connectivity index (χ4n) is 1.48. The number of hydrogen-bond acceptors (Lipinski definition) is 2. The second kappa shape index (κ2) is 7.04. The molecular weight excluding hydrogens is 188 g/mol. The van der Waals surface area contributed by atoms with Crippen molar-refractivity contribution in [2.45, 2.75) is 39.0 Å². The zero-order chi connectivity index (χ0) is 10.9. The number of rotatable bonds is 7.